The number of hydrogen-bond acceptors (Lipinski definition) is 5. The zero-order valence-corrected chi connectivity index (χ0v) is 13.6. The third kappa shape index (κ3) is 4.45. The van der Waals surface area contributed by atoms with Crippen LogP contribution < -0.4 is 10.1 Å². The summed E-state index contributed by atoms with van der Waals surface area (Å²) in [5, 5.41) is 2.76. The molecule has 2 rings (SSSR count). The highest BCUT2D eigenvalue weighted by molar-refractivity contribution is 7.90. The van der Waals surface area contributed by atoms with Crippen LogP contribution in [-0.2, 0) is 19.4 Å². The van der Waals surface area contributed by atoms with E-state index in [0.717, 1.165) is 19.1 Å². The molecule has 1 atom stereocenters. The van der Waals surface area contributed by atoms with E-state index < -0.39 is 9.84 Å². The van der Waals surface area contributed by atoms with Crippen LogP contribution in [0.2, 0.25) is 0 Å². The molecule has 1 fully saturated rings. The molecule has 1 aliphatic heterocycles. The van der Waals surface area contributed by atoms with Crippen LogP contribution in [0.15, 0.2) is 23.1 Å². The average molecular weight is 327 g/mol. The number of rotatable bonds is 6. The molecule has 1 aromatic carbocycles. The van der Waals surface area contributed by atoms with E-state index in [4.69, 9.17) is 9.47 Å². The fourth-order valence-electron chi connectivity index (χ4n) is 2.32. The van der Waals surface area contributed by atoms with Crippen LogP contribution in [0.1, 0.15) is 26.2 Å². The molecule has 0 radical (unpaired) electrons. The average Bonchev–Trinajstić information content (AvgIpc) is 2.92. The SMILES string of the molecule is CCOc1cc(S(C)(=O)=O)ccc1NC(=O)CC1CCCO1. The Bertz CT molecular complexity index is 635. The Morgan fingerprint density at radius 3 is 2.82 bits per heavy atom. The number of carbonyl (C=O) groups is 1. The number of sulfone groups is 1. The Kier molecular flexibility index (Phi) is 5.42. The molecular formula is C15H21NO5S. The number of carbonyl (C=O) groups excluding carboxylic acids is 1. The molecule has 1 aliphatic rings. The van der Waals surface area contributed by atoms with Crippen molar-refractivity contribution < 1.29 is 22.7 Å². The third-order valence-electron chi connectivity index (χ3n) is 3.39. The van der Waals surface area contributed by atoms with E-state index in [9.17, 15) is 13.2 Å². The maximum atomic E-state index is 12.0. The molecule has 1 amide bonds. The normalized spacial score (nSPS) is 18.2. The first kappa shape index (κ1) is 16.8. The molecule has 0 aromatic heterocycles. The second kappa shape index (κ2) is 7.11. The summed E-state index contributed by atoms with van der Waals surface area (Å²) in [7, 11) is -3.32. The van der Waals surface area contributed by atoms with Gasteiger partial charge in [-0.25, -0.2) is 8.42 Å². The van der Waals surface area contributed by atoms with E-state index in [1.165, 1.54) is 12.1 Å². The molecule has 22 heavy (non-hydrogen) atoms. The zero-order chi connectivity index (χ0) is 16.2. The number of anilines is 1. The van der Waals surface area contributed by atoms with Gasteiger partial charge in [-0.1, -0.05) is 0 Å². The molecule has 0 aliphatic carbocycles. The Balaban J connectivity index is 2.13. The molecule has 7 heteroatoms. The van der Waals surface area contributed by atoms with E-state index in [1.807, 2.05) is 0 Å². The fraction of sp³-hybridized carbons (Fsp3) is 0.533. The Hall–Kier alpha value is -1.60. The van der Waals surface area contributed by atoms with E-state index in [2.05, 4.69) is 5.32 Å². The summed E-state index contributed by atoms with van der Waals surface area (Å²) >= 11 is 0. The number of benzene rings is 1. The van der Waals surface area contributed by atoms with Crippen molar-refractivity contribution in [1.29, 1.82) is 0 Å². The minimum atomic E-state index is -3.32. The van der Waals surface area contributed by atoms with Crippen molar-refractivity contribution in [3.8, 4) is 5.75 Å². The lowest BCUT2D eigenvalue weighted by atomic mass is 10.1. The molecule has 6 nitrogen and oxygen atoms in total. The first-order valence-electron chi connectivity index (χ1n) is 7.28. The van der Waals surface area contributed by atoms with E-state index in [0.29, 0.717) is 31.1 Å². The van der Waals surface area contributed by atoms with Crippen molar-refractivity contribution in [3.63, 3.8) is 0 Å². The molecule has 0 bridgehead atoms. The minimum Gasteiger partial charge on any atom is -0.492 e. The second-order valence-electron chi connectivity index (χ2n) is 5.25. The molecule has 0 saturated carbocycles. The highest BCUT2D eigenvalue weighted by Gasteiger charge is 2.20. The molecular weight excluding hydrogens is 306 g/mol. The van der Waals surface area contributed by atoms with Gasteiger partial charge < -0.3 is 14.8 Å². The standard InChI is InChI=1S/C15H21NO5S/c1-3-20-14-10-12(22(2,18)19)6-7-13(14)16-15(17)9-11-5-4-8-21-11/h6-7,10-11H,3-5,8-9H2,1-2H3,(H,16,17). The van der Waals surface area contributed by atoms with Crippen molar-refractivity contribution in [1.82, 2.24) is 0 Å². The predicted molar refractivity (Wildman–Crippen MR) is 82.9 cm³/mol. The molecule has 1 unspecified atom stereocenters. The fourth-order valence-corrected chi connectivity index (χ4v) is 2.96. The third-order valence-corrected chi connectivity index (χ3v) is 4.50. The van der Waals surface area contributed by atoms with Crippen molar-refractivity contribution in [2.75, 3.05) is 24.8 Å². The van der Waals surface area contributed by atoms with Crippen LogP contribution in [-0.4, -0.2) is 39.9 Å². The van der Waals surface area contributed by atoms with Crippen molar-refractivity contribution in [3.05, 3.63) is 18.2 Å². The molecule has 1 heterocycles. The summed E-state index contributed by atoms with van der Waals surface area (Å²) in [6, 6.07) is 4.44. The van der Waals surface area contributed by atoms with Crippen LogP contribution in [0.3, 0.4) is 0 Å². The van der Waals surface area contributed by atoms with Crippen LogP contribution in [0.25, 0.3) is 0 Å². The number of amides is 1. The van der Waals surface area contributed by atoms with Crippen molar-refractivity contribution in [2.24, 2.45) is 0 Å². The van der Waals surface area contributed by atoms with Gasteiger partial charge in [0, 0.05) is 18.9 Å². The van der Waals surface area contributed by atoms with Gasteiger partial charge in [0.05, 0.1) is 29.7 Å². The van der Waals surface area contributed by atoms with Gasteiger partial charge >= 0.3 is 0 Å². The number of nitrogens with one attached hydrogen (secondary N) is 1. The molecule has 1 N–H and O–H groups in total. The molecule has 122 valence electrons. The van der Waals surface area contributed by atoms with Gasteiger partial charge in [-0.05, 0) is 31.9 Å². The van der Waals surface area contributed by atoms with Crippen molar-refractivity contribution >= 4 is 21.4 Å². The van der Waals surface area contributed by atoms with Gasteiger partial charge in [-0.15, -0.1) is 0 Å². The van der Waals surface area contributed by atoms with E-state index >= 15 is 0 Å². The maximum Gasteiger partial charge on any atom is 0.227 e. The zero-order valence-electron chi connectivity index (χ0n) is 12.8. The largest absolute Gasteiger partial charge is 0.492 e. The van der Waals surface area contributed by atoms with Crippen LogP contribution in [0.5, 0.6) is 5.75 Å². The first-order chi connectivity index (χ1) is 10.4. The van der Waals surface area contributed by atoms with Gasteiger partial charge in [0.25, 0.3) is 0 Å². The van der Waals surface area contributed by atoms with E-state index in [-0.39, 0.29) is 16.9 Å². The van der Waals surface area contributed by atoms with Crippen LogP contribution >= 0.6 is 0 Å². The lowest BCUT2D eigenvalue weighted by Crippen LogP contribution is -2.19. The number of ether oxygens (including phenoxy) is 2. The Labute approximate surface area is 130 Å². The van der Waals surface area contributed by atoms with Crippen LogP contribution in [0.4, 0.5) is 5.69 Å². The van der Waals surface area contributed by atoms with E-state index in [1.54, 1.807) is 13.0 Å². The summed E-state index contributed by atoms with van der Waals surface area (Å²) < 4.78 is 34.1. The molecule has 1 saturated heterocycles. The summed E-state index contributed by atoms with van der Waals surface area (Å²) in [4.78, 5) is 12.2. The van der Waals surface area contributed by atoms with Crippen molar-refractivity contribution in [2.45, 2.75) is 37.2 Å². The monoisotopic (exact) mass is 327 g/mol. The van der Waals surface area contributed by atoms with Gasteiger partial charge in [-0.3, -0.25) is 4.79 Å². The molecule has 0 spiro atoms. The summed E-state index contributed by atoms with van der Waals surface area (Å²) in [6.45, 7) is 2.87. The maximum absolute atomic E-state index is 12.0. The predicted octanol–water partition coefficient (Wildman–Crippen LogP) is 2.00. The number of hydrogen-bond donors (Lipinski definition) is 1. The van der Waals surface area contributed by atoms with Gasteiger partial charge in [-0.2, -0.15) is 0 Å². The smallest absolute Gasteiger partial charge is 0.227 e. The highest BCUT2D eigenvalue weighted by atomic mass is 32.2. The molecule has 1 aromatic rings. The highest BCUT2D eigenvalue weighted by Crippen LogP contribution is 2.28. The van der Waals surface area contributed by atoms with Crippen LogP contribution in [0, 0.1) is 0 Å². The minimum absolute atomic E-state index is 0.0363. The second-order valence-corrected chi connectivity index (χ2v) is 7.27. The van der Waals surface area contributed by atoms with Gasteiger partial charge in [0.15, 0.2) is 9.84 Å². The first-order valence-corrected chi connectivity index (χ1v) is 9.17. The summed E-state index contributed by atoms with van der Waals surface area (Å²) in [6.07, 6.45) is 3.25. The summed E-state index contributed by atoms with van der Waals surface area (Å²) in [5.41, 5.74) is 0.470. The quantitative estimate of drug-likeness (QED) is 0.864. The summed E-state index contributed by atoms with van der Waals surface area (Å²) in [5.74, 6) is 0.186. The van der Waals surface area contributed by atoms with Gasteiger partial charge in [0.1, 0.15) is 5.75 Å². The lowest BCUT2D eigenvalue weighted by molar-refractivity contribution is -0.118. The Morgan fingerprint density at radius 2 is 2.23 bits per heavy atom. The Morgan fingerprint density at radius 1 is 1.45 bits per heavy atom. The lowest BCUT2D eigenvalue weighted by Gasteiger charge is -2.14. The van der Waals surface area contributed by atoms with Gasteiger partial charge in [0.2, 0.25) is 5.91 Å². The topological polar surface area (TPSA) is 81.7 Å².